The molecule has 0 spiro atoms. The highest BCUT2D eigenvalue weighted by Gasteiger charge is 2.32. The van der Waals surface area contributed by atoms with Crippen LogP contribution in [0, 0.1) is 5.92 Å². The summed E-state index contributed by atoms with van der Waals surface area (Å²) >= 11 is 5.68. The normalized spacial score (nSPS) is 20.9. The van der Waals surface area contributed by atoms with Crippen molar-refractivity contribution in [2.45, 2.75) is 32.3 Å². The number of nitrogens with zero attached hydrogens (tertiary/aromatic N) is 5. The van der Waals surface area contributed by atoms with Gasteiger partial charge in [-0.15, -0.1) is 0 Å². The highest BCUT2D eigenvalue weighted by atomic mass is 35.5. The van der Waals surface area contributed by atoms with Gasteiger partial charge in [-0.25, -0.2) is 9.97 Å². The Morgan fingerprint density at radius 2 is 2.12 bits per heavy atom. The van der Waals surface area contributed by atoms with Gasteiger partial charge in [-0.05, 0) is 18.0 Å². The van der Waals surface area contributed by atoms with Gasteiger partial charge in [0.2, 0.25) is 5.28 Å². The van der Waals surface area contributed by atoms with Crippen molar-refractivity contribution >= 4 is 17.6 Å². The third-order valence-corrected chi connectivity index (χ3v) is 4.47. The summed E-state index contributed by atoms with van der Waals surface area (Å²) in [6.07, 6.45) is 4.04. The SMILES string of the molecule is COC1CN(c2nc(C(C)C)no2)CCC1COc1cnc(Cl)nc1. The average Bonchev–Trinajstić information content (AvgIpc) is 3.11. The van der Waals surface area contributed by atoms with Gasteiger partial charge in [-0.2, -0.15) is 4.98 Å². The Hall–Kier alpha value is -1.93. The van der Waals surface area contributed by atoms with E-state index in [1.54, 1.807) is 19.5 Å². The molecule has 9 heteroatoms. The minimum Gasteiger partial charge on any atom is -0.490 e. The van der Waals surface area contributed by atoms with Gasteiger partial charge >= 0.3 is 6.01 Å². The van der Waals surface area contributed by atoms with E-state index in [2.05, 4.69) is 25.0 Å². The summed E-state index contributed by atoms with van der Waals surface area (Å²) < 4.78 is 16.8. The molecule has 0 aromatic carbocycles. The van der Waals surface area contributed by atoms with Gasteiger partial charge in [0, 0.05) is 32.0 Å². The maximum Gasteiger partial charge on any atom is 0.324 e. The molecule has 0 radical (unpaired) electrons. The van der Waals surface area contributed by atoms with Crippen molar-refractivity contribution in [3.63, 3.8) is 0 Å². The molecule has 3 rings (SSSR count). The molecule has 1 saturated heterocycles. The average molecular weight is 368 g/mol. The van der Waals surface area contributed by atoms with Crippen LogP contribution in [0.3, 0.4) is 0 Å². The van der Waals surface area contributed by atoms with Crippen LogP contribution >= 0.6 is 11.6 Å². The molecule has 2 aromatic heterocycles. The fraction of sp³-hybridized carbons (Fsp3) is 0.625. The fourth-order valence-corrected chi connectivity index (χ4v) is 2.86. The van der Waals surface area contributed by atoms with Gasteiger partial charge in [-0.3, -0.25) is 0 Å². The predicted molar refractivity (Wildman–Crippen MR) is 92.0 cm³/mol. The van der Waals surface area contributed by atoms with Gasteiger partial charge < -0.3 is 18.9 Å². The van der Waals surface area contributed by atoms with Crippen molar-refractivity contribution in [1.82, 2.24) is 20.1 Å². The van der Waals surface area contributed by atoms with Crippen LogP contribution in [-0.4, -0.2) is 53.0 Å². The second-order valence-corrected chi connectivity index (χ2v) is 6.70. The highest BCUT2D eigenvalue weighted by Crippen LogP contribution is 2.26. The number of hydrogen-bond donors (Lipinski definition) is 0. The number of anilines is 1. The van der Waals surface area contributed by atoms with Crippen molar-refractivity contribution in [2.24, 2.45) is 5.92 Å². The van der Waals surface area contributed by atoms with E-state index in [4.69, 9.17) is 25.6 Å². The van der Waals surface area contributed by atoms with E-state index in [0.29, 0.717) is 24.9 Å². The third kappa shape index (κ3) is 4.38. The van der Waals surface area contributed by atoms with Crippen LogP contribution in [0.1, 0.15) is 32.0 Å². The molecule has 0 saturated carbocycles. The Morgan fingerprint density at radius 1 is 1.36 bits per heavy atom. The molecule has 1 aliphatic rings. The monoisotopic (exact) mass is 367 g/mol. The number of hydrogen-bond acceptors (Lipinski definition) is 8. The van der Waals surface area contributed by atoms with Crippen LogP contribution in [0.25, 0.3) is 0 Å². The molecule has 0 bridgehead atoms. The number of ether oxygens (including phenoxy) is 2. The van der Waals surface area contributed by atoms with E-state index in [1.165, 1.54) is 0 Å². The van der Waals surface area contributed by atoms with Crippen molar-refractivity contribution < 1.29 is 14.0 Å². The minimum atomic E-state index is 0.0105. The summed E-state index contributed by atoms with van der Waals surface area (Å²) in [5, 5.41) is 4.23. The van der Waals surface area contributed by atoms with Crippen LogP contribution in [0.4, 0.5) is 6.01 Å². The van der Waals surface area contributed by atoms with E-state index in [-0.39, 0.29) is 23.2 Å². The lowest BCUT2D eigenvalue weighted by atomic mass is 9.95. The van der Waals surface area contributed by atoms with E-state index >= 15 is 0 Å². The molecule has 3 heterocycles. The first kappa shape index (κ1) is 17.9. The second-order valence-electron chi connectivity index (χ2n) is 6.36. The van der Waals surface area contributed by atoms with Gasteiger partial charge in [0.1, 0.15) is 0 Å². The number of rotatable bonds is 6. The summed E-state index contributed by atoms with van der Waals surface area (Å²) in [6, 6.07) is 0.552. The standard InChI is InChI=1S/C16H22ClN5O3/c1-10(2)14-20-16(25-21-14)22-5-4-11(13(8-22)23-3)9-24-12-6-18-15(17)19-7-12/h6-7,10-11,13H,4-5,8-9H2,1-3H3. The first-order valence-corrected chi connectivity index (χ1v) is 8.66. The van der Waals surface area contributed by atoms with Gasteiger partial charge in [-0.1, -0.05) is 19.0 Å². The molecule has 2 unspecified atom stereocenters. The molecular formula is C16H22ClN5O3. The maximum atomic E-state index is 5.78. The van der Waals surface area contributed by atoms with Crippen LogP contribution in [0.15, 0.2) is 16.9 Å². The number of piperidine rings is 1. The lowest BCUT2D eigenvalue weighted by Gasteiger charge is -2.36. The van der Waals surface area contributed by atoms with Crippen molar-refractivity contribution in [3.8, 4) is 5.75 Å². The summed E-state index contributed by atoms with van der Waals surface area (Å²) in [5.41, 5.74) is 0. The summed E-state index contributed by atoms with van der Waals surface area (Å²) in [6.45, 7) is 6.10. The molecule has 8 nitrogen and oxygen atoms in total. The maximum absolute atomic E-state index is 5.78. The molecular weight excluding hydrogens is 346 g/mol. The van der Waals surface area contributed by atoms with Crippen molar-refractivity contribution in [1.29, 1.82) is 0 Å². The molecule has 0 N–H and O–H groups in total. The molecule has 1 aliphatic heterocycles. The van der Waals surface area contributed by atoms with E-state index < -0.39 is 0 Å². The topological polar surface area (TPSA) is 86.4 Å². The zero-order valence-corrected chi connectivity index (χ0v) is 15.3. The van der Waals surface area contributed by atoms with Crippen LogP contribution in [0.5, 0.6) is 5.75 Å². The van der Waals surface area contributed by atoms with E-state index in [1.807, 2.05) is 13.8 Å². The number of aromatic nitrogens is 4. The molecule has 136 valence electrons. The zero-order valence-electron chi connectivity index (χ0n) is 14.6. The third-order valence-electron chi connectivity index (χ3n) is 4.28. The minimum absolute atomic E-state index is 0.0105. The molecule has 25 heavy (non-hydrogen) atoms. The second kappa shape index (κ2) is 7.97. The Kier molecular flexibility index (Phi) is 5.70. The molecule has 1 fully saturated rings. The smallest absolute Gasteiger partial charge is 0.324 e. The van der Waals surface area contributed by atoms with Gasteiger partial charge in [0.15, 0.2) is 11.6 Å². The lowest BCUT2D eigenvalue weighted by molar-refractivity contribution is 0.0206. The van der Waals surface area contributed by atoms with Crippen molar-refractivity contribution in [2.75, 3.05) is 31.7 Å². The summed E-state index contributed by atoms with van der Waals surface area (Å²) in [4.78, 5) is 14.4. The quantitative estimate of drug-likeness (QED) is 0.720. The summed E-state index contributed by atoms with van der Waals surface area (Å²) in [5.74, 6) is 1.81. The fourth-order valence-electron chi connectivity index (χ4n) is 2.76. The molecule has 2 atom stereocenters. The predicted octanol–water partition coefficient (Wildman–Crippen LogP) is 2.56. The number of methoxy groups -OCH3 is 1. The molecule has 2 aromatic rings. The highest BCUT2D eigenvalue weighted by molar-refractivity contribution is 6.28. The van der Waals surface area contributed by atoms with Gasteiger partial charge in [0.25, 0.3) is 0 Å². The van der Waals surface area contributed by atoms with Crippen LogP contribution in [0.2, 0.25) is 5.28 Å². The van der Waals surface area contributed by atoms with Crippen molar-refractivity contribution in [3.05, 3.63) is 23.5 Å². The zero-order chi connectivity index (χ0) is 17.8. The van der Waals surface area contributed by atoms with Crippen LogP contribution < -0.4 is 9.64 Å². The Labute approximate surface area is 151 Å². The Morgan fingerprint density at radius 3 is 2.76 bits per heavy atom. The molecule has 0 aliphatic carbocycles. The molecule has 0 amide bonds. The summed E-state index contributed by atoms with van der Waals surface area (Å²) in [7, 11) is 1.71. The first-order chi connectivity index (χ1) is 12.1. The largest absolute Gasteiger partial charge is 0.490 e. The van der Waals surface area contributed by atoms with Gasteiger partial charge in [0.05, 0.1) is 25.1 Å². The Bertz CT molecular complexity index is 679. The van der Waals surface area contributed by atoms with E-state index in [0.717, 1.165) is 18.8 Å². The lowest BCUT2D eigenvalue weighted by Crippen LogP contribution is -2.47. The van der Waals surface area contributed by atoms with Crippen LogP contribution in [-0.2, 0) is 4.74 Å². The van der Waals surface area contributed by atoms with E-state index in [9.17, 15) is 0 Å². The number of halogens is 1. The first-order valence-electron chi connectivity index (χ1n) is 8.28. The Balaban J connectivity index is 1.58.